The highest BCUT2D eigenvalue weighted by Gasteiger charge is 2.14. The Morgan fingerprint density at radius 1 is 1.26 bits per heavy atom. The summed E-state index contributed by atoms with van der Waals surface area (Å²) in [5.74, 6) is 5.71. The molecule has 2 rings (SSSR count). The van der Waals surface area contributed by atoms with E-state index in [4.69, 9.17) is 5.84 Å². The molecule has 0 saturated heterocycles. The van der Waals surface area contributed by atoms with Gasteiger partial charge in [-0.05, 0) is 18.6 Å². The molecule has 0 aliphatic carbocycles. The first kappa shape index (κ1) is 14.0. The Morgan fingerprint density at radius 2 is 2.11 bits per heavy atom. The topological polar surface area (TPSA) is 55.3 Å². The third-order valence-corrected chi connectivity index (χ3v) is 3.63. The SMILES string of the molecule is CCCCCCCC(NN)c1cnn2ccccc12. The molecule has 2 heterocycles. The number of hydrazine groups is 1. The highest BCUT2D eigenvalue weighted by Crippen LogP contribution is 2.23. The van der Waals surface area contributed by atoms with Crippen LogP contribution in [0.3, 0.4) is 0 Å². The maximum Gasteiger partial charge on any atom is 0.0709 e. The molecule has 1 atom stereocenters. The van der Waals surface area contributed by atoms with Crippen LogP contribution in [0.25, 0.3) is 5.52 Å². The molecule has 4 heteroatoms. The van der Waals surface area contributed by atoms with E-state index in [0.29, 0.717) is 0 Å². The van der Waals surface area contributed by atoms with Gasteiger partial charge in [-0.15, -0.1) is 0 Å². The highest BCUT2D eigenvalue weighted by molar-refractivity contribution is 5.54. The molecule has 0 aliphatic heterocycles. The van der Waals surface area contributed by atoms with E-state index in [9.17, 15) is 0 Å². The minimum absolute atomic E-state index is 0.196. The number of hydrogen-bond donors (Lipinski definition) is 2. The molecule has 0 aliphatic rings. The number of rotatable bonds is 8. The first-order valence-corrected chi connectivity index (χ1v) is 7.25. The van der Waals surface area contributed by atoms with Crippen molar-refractivity contribution in [2.24, 2.45) is 5.84 Å². The summed E-state index contributed by atoms with van der Waals surface area (Å²) < 4.78 is 1.90. The van der Waals surface area contributed by atoms with Crippen molar-refractivity contribution in [1.29, 1.82) is 0 Å². The molecule has 104 valence electrons. The fourth-order valence-electron chi connectivity index (χ4n) is 2.50. The van der Waals surface area contributed by atoms with Crippen molar-refractivity contribution in [1.82, 2.24) is 15.0 Å². The lowest BCUT2D eigenvalue weighted by Crippen LogP contribution is -2.27. The van der Waals surface area contributed by atoms with E-state index in [0.717, 1.165) is 11.9 Å². The molecule has 3 N–H and O–H groups in total. The van der Waals surface area contributed by atoms with Crippen LogP contribution in [0.5, 0.6) is 0 Å². The van der Waals surface area contributed by atoms with E-state index in [1.54, 1.807) is 0 Å². The molecule has 2 aromatic heterocycles. The fourth-order valence-corrected chi connectivity index (χ4v) is 2.50. The van der Waals surface area contributed by atoms with Gasteiger partial charge >= 0.3 is 0 Å². The number of aromatic nitrogens is 2. The van der Waals surface area contributed by atoms with Gasteiger partial charge in [0.1, 0.15) is 0 Å². The van der Waals surface area contributed by atoms with Crippen LogP contribution >= 0.6 is 0 Å². The summed E-state index contributed by atoms with van der Waals surface area (Å²) in [5, 5.41) is 4.37. The van der Waals surface area contributed by atoms with Gasteiger partial charge in [-0.25, -0.2) is 4.52 Å². The molecule has 0 spiro atoms. The van der Waals surface area contributed by atoms with Gasteiger partial charge in [0.2, 0.25) is 0 Å². The predicted molar refractivity (Wildman–Crippen MR) is 78.6 cm³/mol. The lowest BCUT2D eigenvalue weighted by atomic mass is 10.0. The van der Waals surface area contributed by atoms with Gasteiger partial charge < -0.3 is 0 Å². The Bertz CT molecular complexity index is 492. The largest absolute Gasteiger partial charge is 0.271 e. The molecule has 19 heavy (non-hydrogen) atoms. The summed E-state index contributed by atoms with van der Waals surface area (Å²) in [6.07, 6.45) is 11.4. The molecule has 0 amide bonds. The summed E-state index contributed by atoms with van der Waals surface area (Å²) in [5.41, 5.74) is 5.27. The second-order valence-corrected chi connectivity index (χ2v) is 5.05. The third kappa shape index (κ3) is 3.55. The van der Waals surface area contributed by atoms with Gasteiger partial charge in [0.15, 0.2) is 0 Å². The summed E-state index contributed by atoms with van der Waals surface area (Å²) in [4.78, 5) is 0. The molecule has 2 aromatic rings. The molecular weight excluding hydrogens is 236 g/mol. The van der Waals surface area contributed by atoms with Crippen LogP contribution in [0.1, 0.15) is 57.1 Å². The van der Waals surface area contributed by atoms with Crippen molar-refractivity contribution in [3.05, 3.63) is 36.2 Å². The van der Waals surface area contributed by atoms with Gasteiger partial charge in [0.05, 0.1) is 11.7 Å². The van der Waals surface area contributed by atoms with Crippen LogP contribution in [-0.4, -0.2) is 9.61 Å². The number of nitrogens with two attached hydrogens (primary N) is 1. The van der Waals surface area contributed by atoms with Crippen LogP contribution in [-0.2, 0) is 0 Å². The van der Waals surface area contributed by atoms with Gasteiger partial charge in [-0.3, -0.25) is 11.3 Å². The zero-order chi connectivity index (χ0) is 13.5. The lowest BCUT2D eigenvalue weighted by molar-refractivity contribution is 0.481. The Labute approximate surface area is 115 Å². The molecule has 1 unspecified atom stereocenters. The maximum atomic E-state index is 5.71. The minimum atomic E-state index is 0.196. The third-order valence-electron chi connectivity index (χ3n) is 3.63. The maximum absolute atomic E-state index is 5.71. The smallest absolute Gasteiger partial charge is 0.0709 e. The first-order chi connectivity index (χ1) is 9.36. The quantitative estimate of drug-likeness (QED) is 0.435. The van der Waals surface area contributed by atoms with E-state index < -0.39 is 0 Å². The molecule has 0 fully saturated rings. The van der Waals surface area contributed by atoms with E-state index in [-0.39, 0.29) is 6.04 Å². The zero-order valence-electron chi connectivity index (χ0n) is 11.7. The average Bonchev–Trinajstić information content (AvgIpc) is 2.87. The van der Waals surface area contributed by atoms with Gasteiger partial charge in [0, 0.05) is 17.8 Å². The second kappa shape index (κ2) is 7.26. The van der Waals surface area contributed by atoms with Crippen molar-refractivity contribution >= 4 is 5.52 Å². The van der Waals surface area contributed by atoms with Gasteiger partial charge in [0.25, 0.3) is 0 Å². The first-order valence-electron chi connectivity index (χ1n) is 7.25. The number of hydrogen-bond acceptors (Lipinski definition) is 3. The number of fused-ring (bicyclic) bond motifs is 1. The van der Waals surface area contributed by atoms with Gasteiger partial charge in [-0.2, -0.15) is 5.10 Å². The van der Waals surface area contributed by atoms with E-state index in [2.05, 4.69) is 23.5 Å². The number of unbranched alkanes of at least 4 members (excludes halogenated alkanes) is 4. The molecule has 0 aromatic carbocycles. The summed E-state index contributed by atoms with van der Waals surface area (Å²) in [7, 11) is 0. The zero-order valence-corrected chi connectivity index (χ0v) is 11.7. The van der Waals surface area contributed by atoms with E-state index in [1.807, 2.05) is 29.0 Å². The summed E-state index contributed by atoms with van der Waals surface area (Å²) >= 11 is 0. The van der Waals surface area contributed by atoms with Crippen LogP contribution in [0, 0.1) is 0 Å². The number of nitrogens with one attached hydrogen (secondary N) is 1. The highest BCUT2D eigenvalue weighted by atomic mass is 15.3. The van der Waals surface area contributed by atoms with Crippen molar-refractivity contribution in [3.8, 4) is 0 Å². The van der Waals surface area contributed by atoms with Crippen molar-refractivity contribution in [3.63, 3.8) is 0 Å². The molecule has 0 bridgehead atoms. The number of nitrogens with zero attached hydrogens (tertiary/aromatic N) is 2. The Balaban J connectivity index is 1.97. The molecule has 4 nitrogen and oxygen atoms in total. The fraction of sp³-hybridized carbons (Fsp3) is 0.533. The van der Waals surface area contributed by atoms with Crippen LogP contribution in [0.15, 0.2) is 30.6 Å². The van der Waals surface area contributed by atoms with Crippen LogP contribution < -0.4 is 11.3 Å². The Morgan fingerprint density at radius 3 is 2.89 bits per heavy atom. The van der Waals surface area contributed by atoms with E-state index >= 15 is 0 Å². The average molecular weight is 260 g/mol. The van der Waals surface area contributed by atoms with Crippen molar-refractivity contribution in [2.45, 2.75) is 51.5 Å². The van der Waals surface area contributed by atoms with Crippen LogP contribution in [0.4, 0.5) is 0 Å². The monoisotopic (exact) mass is 260 g/mol. The normalized spacial score (nSPS) is 12.9. The van der Waals surface area contributed by atoms with E-state index in [1.165, 1.54) is 37.7 Å². The Hall–Kier alpha value is -1.39. The summed E-state index contributed by atoms with van der Waals surface area (Å²) in [6, 6.07) is 6.31. The van der Waals surface area contributed by atoms with Crippen molar-refractivity contribution < 1.29 is 0 Å². The van der Waals surface area contributed by atoms with Crippen molar-refractivity contribution in [2.75, 3.05) is 0 Å². The van der Waals surface area contributed by atoms with Gasteiger partial charge in [-0.1, -0.05) is 45.1 Å². The second-order valence-electron chi connectivity index (χ2n) is 5.05. The number of pyridine rings is 1. The predicted octanol–water partition coefficient (Wildman–Crippen LogP) is 3.20. The minimum Gasteiger partial charge on any atom is -0.271 e. The van der Waals surface area contributed by atoms with Crippen LogP contribution in [0.2, 0.25) is 0 Å². The molecule has 0 saturated carbocycles. The Kier molecular flexibility index (Phi) is 5.36. The molecular formula is C15H24N4. The summed E-state index contributed by atoms with van der Waals surface area (Å²) in [6.45, 7) is 2.24. The lowest BCUT2D eigenvalue weighted by Gasteiger charge is -2.14. The molecule has 0 radical (unpaired) electrons. The standard InChI is InChI=1S/C15H24N4/c1-2-3-4-5-6-9-14(18-16)13-12-17-19-11-8-7-10-15(13)19/h7-8,10-12,14,18H,2-6,9,16H2,1H3.